The number of amides is 2. The highest BCUT2D eigenvalue weighted by atomic mass is 32.1. The molecule has 0 atom stereocenters. The van der Waals surface area contributed by atoms with Crippen LogP contribution in [0.25, 0.3) is 5.57 Å². The van der Waals surface area contributed by atoms with Gasteiger partial charge in [-0.25, -0.2) is 4.90 Å². The number of aliphatic hydroxyl groups is 1. The second-order valence-electron chi connectivity index (χ2n) is 5.34. The average molecular weight is 342 g/mol. The van der Waals surface area contributed by atoms with Crippen LogP contribution in [0.3, 0.4) is 0 Å². The minimum absolute atomic E-state index is 0.0721. The van der Waals surface area contributed by atoms with Crippen LogP contribution in [0.15, 0.2) is 47.5 Å². The predicted octanol–water partition coefficient (Wildman–Crippen LogP) is 3.44. The topological polar surface area (TPSA) is 60.9 Å². The van der Waals surface area contributed by atoms with Crippen LogP contribution in [0.5, 0.6) is 0 Å². The zero-order valence-electron chi connectivity index (χ0n) is 13.5. The van der Waals surface area contributed by atoms with Gasteiger partial charge in [0.25, 0.3) is 5.91 Å². The molecular formula is C18H18N2O3S. The average Bonchev–Trinajstić information content (AvgIpc) is 3.18. The summed E-state index contributed by atoms with van der Waals surface area (Å²) in [6.07, 6.45) is 0. The van der Waals surface area contributed by atoms with Gasteiger partial charge in [-0.05, 0) is 49.6 Å². The Bertz CT molecular complexity index is 790. The van der Waals surface area contributed by atoms with E-state index in [0.29, 0.717) is 10.6 Å². The number of imide groups is 1. The minimum Gasteiger partial charge on any atom is -0.502 e. The van der Waals surface area contributed by atoms with E-state index in [4.69, 9.17) is 0 Å². The van der Waals surface area contributed by atoms with Gasteiger partial charge in [0.2, 0.25) is 0 Å². The summed E-state index contributed by atoms with van der Waals surface area (Å²) in [5.41, 5.74) is 1.56. The molecule has 0 fully saturated rings. The number of carbonyl (C=O) groups is 2. The summed E-state index contributed by atoms with van der Waals surface area (Å²) in [5, 5.41) is 11.9. The van der Waals surface area contributed by atoms with Gasteiger partial charge in [0.05, 0.1) is 5.69 Å². The first kappa shape index (κ1) is 16.3. The van der Waals surface area contributed by atoms with E-state index in [1.807, 2.05) is 12.1 Å². The lowest BCUT2D eigenvalue weighted by atomic mass is 10.2. The van der Waals surface area contributed by atoms with Crippen molar-refractivity contribution in [3.05, 3.63) is 52.4 Å². The van der Waals surface area contributed by atoms with Crippen LogP contribution in [0.1, 0.15) is 18.7 Å². The van der Waals surface area contributed by atoms with Gasteiger partial charge in [-0.1, -0.05) is 6.07 Å². The summed E-state index contributed by atoms with van der Waals surface area (Å²) in [6, 6.07) is 10.7. The Kier molecular flexibility index (Phi) is 4.40. The van der Waals surface area contributed by atoms with Gasteiger partial charge < -0.3 is 10.0 Å². The quantitative estimate of drug-likeness (QED) is 0.846. The molecule has 2 heterocycles. The zero-order valence-corrected chi connectivity index (χ0v) is 14.3. The number of benzene rings is 1. The number of thiophene rings is 1. The van der Waals surface area contributed by atoms with Gasteiger partial charge in [-0.15, -0.1) is 11.3 Å². The molecule has 1 aliphatic heterocycles. The maximum Gasteiger partial charge on any atom is 0.301 e. The molecule has 0 spiro atoms. The van der Waals surface area contributed by atoms with Gasteiger partial charge in [0.1, 0.15) is 5.57 Å². The summed E-state index contributed by atoms with van der Waals surface area (Å²) in [5.74, 6) is -1.66. The Morgan fingerprint density at radius 2 is 1.71 bits per heavy atom. The number of nitrogens with zero attached hydrogens (tertiary/aromatic N) is 2. The molecule has 0 saturated carbocycles. The maximum atomic E-state index is 12.6. The second-order valence-corrected chi connectivity index (χ2v) is 6.28. The molecule has 0 bridgehead atoms. The van der Waals surface area contributed by atoms with E-state index < -0.39 is 17.6 Å². The molecule has 1 N–H and O–H groups in total. The van der Waals surface area contributed by atoms with Crippen molar-refractivity contribution >= 4 is 40.1 Å². The lowest BCUT2D eigenvalue weighted by Crippen LogP contribution is -2.31. The molecule has 0 saturated heterocycles. The molecule has 3 rings (SSSR count). The fraction of sp³-hybridized carbons (Fsp3) is 0.222. The van der Waals surface area contributed by atoms with Crippen LogP contribution < -0.4 is 9.80 Å². The summed E-state index contributed by atoms with van der Waals surface area (Å²) in [4.78, 5) is 28.8. The van der Waals surface area contributed by atoms with Gasteiger partial charge in [-0.2, -0.15) is 0 Å². The largest absolute Gasteiger partial charge is 0.502 e. The molecule has 6 heteroatoms. The van der Waals surface area contributed by atoms with Crippen molar-refractivity contribution in [1.82, 2.24) is 0 Å². The van der Waals surface area contributed by atoms with Crippen LogP contribution in [0.2, 0.25) is 0 Å². The van der Waals surface area contributed by atoms with E-state index in [9.17, 15) is 14.7 Å². The molecule has 1 aliphatic rings. The molecule has 2 amide bonds. The van der Waals surface area contributed by atoms with Crippen molar-refractivity contribution in [1.29, 1.82) is 0 Å². The molecule has 24 heavy (non-hydrogen) atoms. The van der Waals surface area contributed by atoms with Gasteiger partial charge >= 0.3 is 5.91 Å². The SMILES string of the molecule is CCN(CC)c1ccc(N2C(=O)C(O)=C(c3cccs3)C2=O)cc1. The molecule has 1 aromatic heterocycles. The summed E-state index contributed by atoms with van der Waals surface area (Å²) >= 11 is 1.32. The van der Waals surface area contributed by atoms with Crippen LogP contribution in [0, 0.1) is 0 Å². The van der Waals surface area contributed by atoms with Gasteiger partial charge in [0, 0.05) is 23.7 Å². The molecule has 2 aromatic rings. The molecule has 0 unspecified atom stereocenters. The van der Waals surface area contributed by atoms with Crippen LogP contribution in [-0.2, 0) is 9.59 Å². The Hall–Kier alpha value is -2.60. The monoisotopic (exact) mass is 342 g/mol. The van der Waals surface area contributed by atoms with E-state index in [-0.39, 0.29) is 5.57 Å². The Morgan fingerprint density at radius 1 is 1.04 bits per heavy atom. The third-order valence-corrected chi connectivity index (χ3v) is 4.95. The summed E-state index contributed by atoms with van der Waals surface area (Å²) < 4.78 is 0. The Labute approximate surface area is 144 Å². The highest BCUT2D eigenvalue weighted by Crippen LogP contribution is 2.34. The van der Waals surface area contributed by atoms with Crippen molar-refractivity contribution in [2.24, 2.45) is 0 Å². The molecule has 1 aromatic carbocycles. The first-order chi connectivity index (χ1) is 11.6. The van der Waals surface area contributed by atoms with Gasteiger partial charge in [-0.3, -0.25) is 9.59 Å². The minimum atomic E-state index is -0.681. The van der Waals surface area contributed by atoms with Gasteiger partial charge in [0.15, 0.2) is 5.76 Å². The number of hydrogen-bond donors (Lipinski definition) is 1. The number of carbonyl (C=O) groups excluding carboxylic acids is 2. The second kappa shape index (κ2) is 6.49. The highest BCUT2D eigenvalue weighted by molar-refractivity contribution is 7.11. The third kappa shape index (κ3) is 2.59. The van der Waals surface area contributed by atoms with E-state index in [1.165, 1.54) is 11.3 Å². The number of aliphatic hydroxyl groups excluding tert-OH is 1. The van der Waals surface area contributed by atoms with E-state index >= 15 is 0 Å². The van der Waals surface area contributed by atoms with Crippen molar-refractivity contribution in [2.45, 2.75) is 13.8 Å². The first-order valence-corrected chi connectivity index (χ1v) is 8.67. The van der Waals surface area contributed by atoms with Crippen LogP contribution in [-0.4, -0.2) is 30.0 Å². The molecule has 5 nitrogen and oxygen atoms in total. The molecular weight excluding hydrogens is 324 g/mol. The number of rotatable bonds is 5. The predicted molar refractivity (Wildman–Crippen MR) is 96.4 cm³/mol. The standard InChI is InChI=1S/C18H18N2O3S/c1-3-19(4-2)12-7-9-13(10-8-12)20-17(22)15(16(21)18(20)23)14-6-5-11-24-14/h5-11,21H,3-4H2,1-2H3. The fourth-order valence-electron chi connectivity index (χ4n) is 2.80. The summed E-state index contributed by atoms with van der Waals surface area (Å²) in [6.45, 7) is 5.89. The fourth-order valence-corrected chi connectivity index (χ4v) is 3.56. The third-order valence-electron chi connectivity index (χ3n) is 4.06. The van der Waals surface area contributed by atoms with Crippen molar-refractivity contribution in [2.75, 3.05) is 22.9 Å². The van der Waals surface area contributed by atoms with E-state index in [1.54, 1.807) is 29.6 Å². The molecule has 0 aliphatic carbocycles. The van der Waals surface area contributed by atoms with E-state index in [0.717, 1.165) is 23.7 Å². The lowest BCUT2D eigenvalue weighted by Gasteiger charge is -2.22. The molecule has 124 valence electrons. The van der Waals surface area contributed by atoms with Crippen molar-refractivity contribution < 1.29 is 14.7 Å². The first-order valence-electron chi connectivity index (χ1n) is 7.79. The number of hydrogen-bond acceptors (Lipinski definition) is 5. The normalized spacial score (nSPS) is 14.7. The van der Waals surface area contributed by atoms with Crippen LogP contribution >= 0.6 is 11.3 Å². The zero-order chi connectivity index (χ0) is 17.3. The van der Waals surface area contributed by atoms with Crippen molar-refractivity contribution in [3.8, 4) is 0 Å². The highest BCUT2D eigenvalue weighted by Gasteiger charge is 2.40. The van der Waals surface area contributed by atoms with Crippen molar-refractivity contribution in [3.63, 3.8) is 0 Å². The molecule has 0 radical (unpaired) electrons. The summed E-state index contributed by atoms with van der Waals surface area (Å²) in [7, 11) is 0. The maximum absolute atomic E-state index is 12.6. The van der Waals surface area contributed by atoms with E-state index in [2.05, 4.69) is 18.7 Å². The smallest absolute Gasteiger partial charge is 0.301 e. The Balaban J connectivity index is 1.92. The Morgan fingerprint density at radius 3 is 2.25 bits per heavy atom. The number of anilines is 2. The lowest BCUT2D eigenvalue weighted by molar-refractivity contribution is -0.121. The van der Waals surface area contributed by atoms with Crippen LogP contribution in [0.4, 0.5) is 11.4 Å².